The smallest absolute Gasteiger partial charge is 0.253 e. The number of amides is 2. The molecule has 0 bridgehead atoms. The van der Waals surface area contributed by atoms with E-state index in [4.69, 9.17) is 18.9 Å². The van der Waals surface area contributed by atoms with E-state index in [1.165, 1.54) is 25.7 Å². The third kappa shape index (κ3) is 13.0. The van der Waals surface area contributed by atoms with E-state index < -0.39 is 0 Å². The summed E-state index contributed by atoms with van der Waals surface area (Å²) >= 11 is 0. The maximum Gasteiger partial charge on any atom is 0.253 e. The number of para-hydroxylation sites is 2. The van der Waals surface area contributed by atoms with Crippen molar-refractivity contribution < 1.29 is 28.5 Å². The molecule has 66 heavy (non-hydrogen) atoms. The summed E-state index contributed by atoms with van der Waals surface area (Å²) in [6.45, 7) is 8.32. The molecule has 344 valence electrons. The van der Waals surface area contributed by atoms with Gasteiger partial charge in [-0.3, -0.25) is 9.59 Å². The van der Waals surface area contributed by atoms with Crippen LogP contribution in [0.5, 0.6) is 23.3 Å². The number of aromatic nitrogens is 2. The molecule has 0 N–H and O–H groups in total. The molecule has 1 saturated carbocycles. The number of carbonyl (C=O) groups excluding carboxylic acids is 2. The van der Waals surface area contributed by atoms with E-state index >= 15 is 0 Å². The molecule has 1 aliphatic carbocycles. The van der Waals surface area contributed by atoms with Gasteiger partial charge in [0, 0.05) is 84.1 Å². The molecular formula is C56H64N4O6. The van der Waals surface area contributed by atoms with Crippen LogP contribution >= 0.6 is 0 Å². The predicted molar refractivity (Wildman–Crippen MR) is 261 cm³/mol. The van der Waals surface area contributed by atoms with E-state index in [1.54, 1.807) is 13.3 Å². The molecule has 10 heteroatoms. The van der Waals surface area contributed by atoms with Crippen LogP contribution in [-0.2, 0) is 13.2 Å². The van der Waals surface area contributed by atoms with Crippen LogP contribution in [0.3, 0.4) is 0 Å². The molecule has 2 saturated heterocycles. The van der Waals surface area contributed by atoms with Crippen LogP contribution in [0.2, 0.25) is 0 Å². The third-order valence-corrected chi connectivity index (χ3v) is 12.1. The molecule has 2 aromatic heterocycles. The van der Waals surface area contributed by atoms with E-state index in [2.05, 4.69) is 9.97 Å². The summed E-state index contributed by atoms with van der Waals surface area (Å²) in [5.41, 5.74) is 7.48. The average Bonchev–Trinajstić information content (AvgIpc) is 3.92. The summed E-state index contributed by atoms with van der Waals surface area (Å²) in [5, 5.41) is 0. The molecule has 0 atom stereocenters. The molecule has 0 unspecified atom stereocenters. The second kappa shape index (κ2) is 24.6. The normalized spacial score (nSPS) is 14.8. The Hall–Kier alpha value is -6.68. The second-order valence-corrected chi connectivity index (χ2v) is 16.7. The van der Waals surface area contributed by atoms with Gasteiger partial charge in [0.1, 0.15) is 30.8 Å². The van der Waals surface area contributed by atoms with Gasteiger partial charge in [0.05, 0.1) is 7.11 Å². The molecule has 2 aliphatic heterocycles. The largest absolute Gasteiger partial charge is 0.488 e. The number of hydrogen-bond donors (Lipinski definition) is 0. The molecule has 3 aliphatic rings. The highest BCUT2D eigenvalue weighted by Crippen LogP contribution is 2.33. The Morgan fingerprint density at radius 1 is 0.515 bits per heavy atom. The highest BCUT2D eigenvalue weighted by molar-refractivity contribution is 5.95. The quantitative estimate of drug-likeness (QED) is 0.113. The Labute approximate surface area is 390 Å². The van der Waals surface area contributed by atoms with E-state index in [-0.39, 0.29) is 11.8 Å². The van der Waals surface area contributed by atoms with E-state index in [0.717, 1.165) is 121 Å². The maximum atomic E-state index is 12.7. The van der Waals surface area contributed by atoms with Gasteiger partial charge in [0.2, 0.25) is 11.8 Å². The van der Waals surface area contributed by atoms with Crippen LogP contribution in [0, 0.1) is 0 Å². The summed E-state index contributed by atoms with van der Waals surface area (Å²) in [6.07, 6.45) is 15.5. The van der Waals surface area contributed by atoms with Crippen molar-refractivity contribution in [2.75, 3.05) is 33.3 Å². The first-order chi connectivity index (χ1) is 32.5. The van der Waals surface area contributed by atoms with Crippen molar-refractivity contribution in [2.45, 2.75) is 97.4 Å². The van der Waals surface area contributed by atoms with Crippen LogP contribution in [0.25, 0.3) is 22.3 Å². The lowest BCUT2D eigenvalue weighted by Gasteiger charge is -2.26. The second-order valence-electron chi connectivity index (χ2n) is 16.7. The van der Waals surface area contributed by atoms with Gasteiger partial charge in [0.25, 0.3) is 11.8 Å². The van der Waals surface area contributed by atoms with Crippen molar-refractivity contribution in [3.05, 3.63) is 156 Å². The van der Waals surface area contributed by atoms with E-state index in [1.807, 2.05) is 151 Å². The number of benzene rings is 4. The Morgan fingerprint density at radius 3 is 1.35 bits per heavy atom. The van der Waals surface area contributed by atoms with Gasteiger partial charge in [-0.15, -0.1) is 0 Å². The summed E-state index contributed by atoms with van der Waals surface area (Å²) in [7, 11) is 1.60. The number of hydrogen-bond acceptors (Lipinski definition) is 8. The maximum absolute atomic E-state index is 12.7. The van der Waals surface area contributed by atoms with Gasteiger partial charge in [-0.25, -0.2) is 9.97 Å². The minimum Gasteiger partial charge on any atom is -0.488 e. The molecule has 4 aromatic carbocycles. The van der Waals surface area contributed by atoms with Crippen molar-refractivity contribution in [3.63, 3.8) is 0 Å². The van der Waals surface area contributed by atoms with Crippen molar-refractivity contribution in [3.8, 4) is 45.5 Å². The topological polar surface area (TPSA) is 103 Å². The van der Waals surface area contributed by atoms with Crippen molar-refractivity contribution in [1.29, 1.82) is 0 Å². The number of carbonyl (C=O) groups is 2. The molecule has 4 heterocycles. The van der Waals surface area contributed by atoms with Crippen LogP contribution < -0.4 is 18.9 Å². The van der Waals surface area contributed by atoms with Crippen molar-refractivity contribution >= 4 is 11.8 Å². The standard InChI is InChI=1S/C29H32N2O3.C25H26N2O3.C2H6/c32-29(31-18-6-1-7-19-31)23-14-12-22(13-15-23)21-33-27-11-5-4-10-26(27)24-16-17-28(30-20-24)34-25-8-2-3-9-25;1-29-24-14-13-21(17-26-24)22-7-3-4-8-23(22)30-18-19-9-11-20(12-10-19)25(28)27-15-5-2-6-16-27;1-2/h4-5,10-17,20,25H,1-3,6-9,18-19,21H2;3-4,7-14,17H,2,5-6,15-16,18H2,1H3;1-2H3. The zero-order valence-electron chi connectivity index (χ0n) is 38.8. The number of methoxy groups -OCH3 is 1. The van der Waals surface area contributed by atoms with Crippen LogP contribution in [0.1, 0.15) is 110 Å². The van der Waals surface area contributed by atoms with Gasteiger partial charge in [0.15, 0.2) is 0 Å². The summed E-state index contributed by atoms with van der Waals surface area (Å²) < 4.78 is 23.4. The number of likely N-dealkylation sites (tertiary alicyclic amines) is 2. The molecule has 10 nitrogen and oxygen atoms in total. The number of rotatable bonds is 13. The number of ether oxygens (including phenoxy) is 4. The highest BCUT2D eigenvalue weighted by atomic mass is 16.5. The summed E-state index contributed by atoms with van der Waals surface area (Å²) in [6, 6.07) is 39.2. The monoisotopic (exact) mass is 888 g/mol. The van der Waals surface area contributed by atoms with Gasteiger partial charge < -0.3 is 28.7 Å². The Balaban J connectivity index is 0.000000191. The minimum atomic E-state index is 0.125. The zero-order chi connectivity index (χ0) is 45.9. The first kappa shape index (κ1) is 47.3. The molecule has 2 amide bonds. The van der Waals surface area contributed by atoms with Crippen LogP contribution in [0.15, 0.2) is 134 Å². The van der Waals surface area contributed by atoms with E-state index in [9.17, 15) is 9.59 Å². The lowest BCUT2D eigenvalue weighted by atomic mass is 10.1. The molecule has 6 aromatic rings. The highest BCUT2D eigenvalue weighted by Gasteiger charge is 2.20. The third-order valence-electron chi connectivity index (χ3n) is 12.1. The fourth-order valence-corrected chi connectivity index (χ4v) is 8.48. The predicted octanol–water partition coefficient (Wildman–Crippen LogP) is 12.3. The summed E-state index contributed by atoms with van der Waals surface area (Å²) in [5.74, 6) is 3.12. The minimum absolute atomic E-state index is 0.125. The lowest BCUT2D eigenvalue weighted by Crippen LogP contribution is -2.35. The fraction of sp³-hybridized carbons (Fsp3) is 0.357. The van der Waals surface area contributed by atoms with E-state index in [0.29, 0.717) is 31.1 Å². The zero-order valence-corrected chi connectivity index (χ0v) is 38.8. The van der Waals surface area contributed by atoms with Crippen LogP contribution in [0.4, 0.5) is 0 Å². The lowest BCUT2D eigenvalue weighted by molar-refractivity contribution is 0.0717. The van der Waals surface area contributed by atoms with Gasteiger partial charge >= 0.3 is 0 Å². The number of piperidine rings is 2. The molecular weight excluding hydrogens is 825 g/mol. The van der Waals surface area contributed by atoms with Crippen molar-refractivity contribution in [1.82, 2.24) is 19.8 Å². The van der Waals surface area contributed by atoms with Gasteiger partial charge in [-0.05, 0) is 124 Å². The van der Waals surface area contributed by atoms with Crippen molar-refractivity contribution in [2.24, 2.45) is 0 Å². The first-order valence-electron chi connectivity index (χ1n) is 23.8. The van der Waals surface area contributed by atoms with Gasteiger partial charge in [-0.1, -0.05) is 74.5 Å². The SMILES string of the molecule is CC.COc1ccc(-c2ccccc2OCc2ccc(C(=O)N3CCCCC3)cc2)cn1.O=C(c1ccc(COc2ccccc2-c2ccc(OC3CCCC3)nc2)cc1)N1CCCCC1. The van der Waals surface area contributed by atoms with Gasteiger partial charge in [-0.2, -0.15) is 0 Å². The fourth-order valence-electron chi connectivity index (χ4n) is 8.48. The number of pyridine rings is 2. The molecule has 0 radical (unpaired) electrons. The average molecular weight is 889 g/mol. The Bertz CT molecular complexity index is 2400. The summed E-state index contributed by atoms with van der Waals surface area (Å²) in [4.78, 5) is 38.0. The first-order valence-corrected chi connectivity index (χ1v) is 23.8. The Kier molecular flexibility index (Phi) is 17.6. The Morgan fingerprint density at radius 2 is 0.939 bits per heavy atom. The molecule has 0 spiro atoms. The molecule has 3 fully saturated rings. The van der Waals surface area contributed by atoms with Crippen LogP contribution in [-0.4, -0.2) is 71.0 Å². The number of nitrogens with zero attached hydrogens (tertiary/aromatic N) is 4. The molecule has 9 rings (SSSR count).